The molecule has 4 aromatic carbocycles. The van der Waals surface area contributed by atoms with Crippen LogP contribution in [-0.4, -0.2) is 87.0 Å². The number of nitrogens with zero attached hydrogens (tertiary/aromatic N) is 4. The topological polar surface area (TPSA) is 144 Å². The molecule has 0 bridgehead atoms. The number of rotatable bonds is 10. The number of likely N-dealkylation sites (N-methyl/N-ethyl adjacent to an activating group) is 2. The van der Waals surface area contributed by atoms with Crippen molar-refractivity contribution in [3.8, 4) is 23.0 Å². The average Bonchev–Trinajstić information content (AvgIpc) is 3.33. The third kappa shape index (κ3) is 6.40. The summed E-state index contributed by atoms with van der Waals surface area (Å²) in [4.78, 5) is 61.6. The normalized spacial score (nSPS) is 18.5. The molecule has 0 saturated heterocycles. The maximum Gasteiger partial charge on any atom is 0.257 e. The number of hydrogen-bond donors (Lipinski definition) is 1. The van der Waals surface area contributed by atoms with Gasteiger partial charge in [-0.1, -0.05) is 30.3 Å². The number of fused-ring (bicyclic) bond motifs is 6. The Labute approximate surface area is 325 Å². The van der Waals surface area contributed by atoms with Crippen LogP contribution in [0.3, 0.4) is 0 Å². The molecule has 8 rings (SSSR count). The molecule has 56 heavy (non-hydrogen) atoms. The van der Waals surface area contributed by atoms with E-state index in [1.807, 2.05) is 42.5 Å². The molecule has 290 valence electrons. The number of hydrogen-bond acceptors (Lipinski definition) is 9. The molecule has 4 amide bonds. The molecule has 4 heterocycles. The van der Waals surface area contributed by atoms with Gasteiger partial charge >= 0.3 is 0 Å². The summed E-state index contributed by atoms with van der Waals surface area (Å²) in [6, 6.07) is 19.0. The van der Waals surface area contributed by atoms with Crippen LogP contribution in [-0.2, 0) is 35.5 Å². The van der Waals surface area contributed by atoms with Gasteiger partial charge in [0.15, 0.2) is 23.0 Å². The summed E-state index contributed by atoms with van der Waals surface area (Å²) < 4.78 is 23.6. The van der Waals surface area contributed by atoms with Gasteiger partial charge < -0.3 is 44.3 Å². The minimum atomic E-state index is -0.633. The summed E-state index contributed by atoms with van der Waals surface area (Å²) in [6.45, 7) is 1.39. The van der Waals surface area contributed by atoms with Gasteiger partial charge in [0.25, 0.3) is 11.8 Å². The van der Waals surface area contributed by atoms with E-state index in [4.69, 9.17) is 24.7 Å². The van der Waals surface area contributed by atoms with Crippen molar-refractivity contribution in [2.24, 2.45) is 0 Å². The van der Waals surface area contributed by atoms with Crippen molar-refractivity contribution in [1.29, 1.82) is 0 Å². The second kappa shape index (κ2) is 14.8. The third-order valence-corrected chi connectivity index (χ3v) is 11.4. The van der Waals surface area contributed by atoms with Crippen LogP contribution >= 0.6 is 0 Å². The Bertz CT molecular complexity index is 2260. The maximum absolute atomic E-state index is 13.9. The number of methoxy groups -OCH3 is 2. The van der Waals surface area contributed by atoms with Gasteiger partial charge in [-0.15, -0.1) is 0 Å². The van der Waals surface area contributed by atoms with Crippen molar-refractivity contribution < 1.29 is 38.1 Å². The van der Waals surface area contributed by atoms with Crippen LogP contribution in [0.15, 0.2) is 66.7 Å². The summed E-state index contributed by atoms with van der Waals surface area (Å²) >= 11 is 0. The van der Waals surface area contributed by atoms with Gasteiger partial charge in [-0.2, -0.15) is 0 Å². The second-order valence-electron chi connectivity index (χ2n) is 14.7. The monoisotopic (exact) mass is 759 g/mol. The van der Waals surface area contributed by atoms with Crippen molar-refractivity contribution in [1.82, 2.24) is 9.80 Å². The minimum absolute atomic E-state index is 0.147. The van der Waals surface area contributed by atoms with Crippen LogP contribution in [0.1, 0.15) is 62.2 Å². The standard InChI is InChI=1S/C43H45N5O8/c1-45-32-21-38(36(53-3)19-30(32)40(49)47-23-27-11-7-6-10-25(27)17-34(47)42(45)51)55-14-8-5-9-15-56-39-22-33-31(20-37(39)54-4)41(50)48-24-28-16-29(44)13-12-26(28)18-35(48)43(52)46(33)2/h6-7,10-13,16,19-22,34-35H,5,8-9,14-15,17-18,23-24,44H2,1-4H3/t34-,35-/m0/s1. The van der Waals surface area contributed by atoms with Crippen LogP contribution in [0.5, 0.6) is 23.0 Å². The lowest BCUT2D eigenvalue weighted by molar-refractivity contribution is -0.123. The number of anilines is 3. The van der Waals surface area contributed by atoms with Crippen LogP contribution in [0.4, 0.5) is 17.1 Å². The summed E-state index contributed by atoms with van der Waals surface area (Å²) in [5.74, 6) is 0.918. The molecule has 13 heteroatoms. The Morgan fingerprint density at radius 3 is 1.59 bits per heavy atom. The quantitative estimate of drug-likeness (QED) is 0.175. The number of carbonyl (C=O) groups excluding carboxylic acids is 4. The zero-order chi connectivity index (χ0) is 39.2. The smallest absolute Gasteiger partial charge is 0.257 e. The highest BCUT2D eigenvalue weighted by atomic mass is 16.5. The highest BCUT2D eigenvalue weighted by Crippen LogP contribution is 2.42. The Kier molecular flexibility index (Phi) is 9.69. The van der Waals surface area contributed by atoms with Gasteiger partial charge in [0, 0.05) is 57.8 Å². The lowest BCUT2D eigenvalue weighted by atomic mass is 9.92. The first-order valence-corrected chi connectivity index (χ1v) is 18.9. The fraction of sp³-hybridized carbons (Fsp3) is 0.349. The van der Waals surface area contributed by atoms with E-state index in [1.165, 1.54) is 19.1 Å². The van der Waals surface area contributed by atoms with E-state index in [1.54, 1.807) is 53.1 Å². The summed E-state index contributed by atoms with van der Waals surface area (Å²) in [5, 5.41) is 0. The molecule has 4 aliphatic rings. The Hall–Kier alpha value is -6.24. The lowest BCUT2D eigenvalue weighted by Crippen LogP contribution is -2.50. The number of carbonyl (C=O) groups is 4. The summed E-state index contributed by atoms with van der Waals surface area (Å²) in [5.41, 5.74) is 12.4. The molecule has 0 aliphatic carbocycles. The van der Waals surface area contributed by atoms with Crippen LogP contribution in [0.25, 0.3) is 0 Å². The highest BCUT2D eigenvalue weighted by Gasteiger charge is 2.43. The Morgan fingerprint density at radius 2 is 1.07 bits per heavy atom. The number of nitrogen functional groups attached to an aromatic ring is 1. The molecule has 0 saturated carbocycles. The predicted molar refractivity (Wildman–Crippen MR) is 210 cm³/mol. The van der Waals surface area contributed by atoms with E-state index in [2.05, 4.69) is 0 Å². The molecule has 4 aromatic rings. The Balaban J connectivity index is 0.896. The van der Waals surface area contributed by atoms with Gasteiger partial charge in [0.05, 0.1) is 49.9 Å². The van der Waals surface area contributed by atoms with Gasteiger partial charge in [-0.25, -0.2) is 0 Å². The predicted octanol–water partition coefficient (Wildman–Crippen LogP) is 5.00. The van der Waals surface area contributed by atoms with Crippen LogP contribution < -0.4 is 34.5 Å². The molecule has 0 spiro atoms. The number of benzene rings is 4. The zero-order valence-corrected chi connectivity index (χ0v) is 32.0. The van der Waals surface area contributed by atoms with E-state index >= 15 is 0 Å². The fourth-order valence-corrected chi connectivity index (χ4v) is 8.28. The summed E-state index contributed by atoms with van der Waals surface area (Å²) in [7, 11) is 6.43. The molecule has 0 fully saturated rings. The van der Waals surface area contributed by atoms with Gasteiger partial charge in [-0.3, -0.25) is 19.2 Å². The second-order valence-corrected chi connectivity index (χ2v) is 14.7. The van der Waals surface area contributed by atoms with Crippen molar-refractivity contribution in [2.45, 2.75) is 57.3 Å². The Morgan fingerprint density at radius 1 is 0.589 bits per heavy atom. The van der Waals surface area contributed by atoms with Crippen LogP contribution in [0.2, 0.25) is 0 Å². The molecule has 2 N–H and O–H groups in total. The number of nitrogens with two attached hydrogens (primary N) is 1. The molecule has 0 unspecified atom stereocenters. The molecule has 13 nitrogen and oxygen atoms in total. The van der Waals surface area contributed by atoms with Gasteiger partial charge in [0.2, 0.25) is 11.8 Å². The molecular weight excluding hydrogens is 714 g/mol. The molecule has 4 aliphatic heterocycles. The minimum Gasteiger partial charge on any atom is -0.493 e. The van der Waals surface area contributed by atoms with Gasteiger partial charge in [0.1, 0.15) is 12.1 Å². The fourth-order valence-electron chi connectivity index (χ4n) is 8.28. The third-order valence-electron chi connectivity index (χ3n) is 11.4. The zero-order valence-electron chi connectivity index (χ0n) is 32.0. The summed E-state index contributed by atoms with van der Waals surface area (Å²) in [6.07, 6.45) is 3.04. The van der Waals surface area contributed by atoms with Crippen molar-refractivity contribution in [3.05, 3.63) is 100 Å². The van der Waals surface area contributed by atoms with E-state index in [0.29, 0.717) is 96.6 Å². The van der Waals surface area contributed by atoms with E-state index in [9.17, 15) is 19.2 Å². The molecule has 2 atom stereocenters. The van der Waals surface area contributed by atoms with Crippen LogP contribution in [0, 0.1) is 0 Å². The first kappa shape index (κ1) is 36.7. The number of amides is 4. The van der Waals surface area contributed by atoms with Gasteiger partial charge in [-0.05, 0) is 65.8 Å². The first-order chi connectivity index (χ1) is 27.1. The number of ether oxygens (including phenoxy) is 4. The SMILES string of the molecule is COc1cc2c(cc1OCCCCCOc1cc3c(cc1OC)C(=O)N1Cc4cc(N)ccc4C[C@H]1C(=O)N3C)N(C)C(=O)[C@@H]1Cc3ccccc3CN1C2=O. The average molecular weight is 760 g/mol. The van der Waals surface area contributed by atoms with Crippen molar-refractivity contribution in [2.75, 3.05) is 57.1 Å². The van der Waals surface area contributed by atoms with E-state index in [-0.39, 0.29) is 30.2 Å². The number of unbranched alkanes of at least 4 members (excludes halogenated alkanes) is 2. The molecule has 0 radical (unpaired) electrons. The first-order valence-electron chi connectivity index (χ1n) is 18.9. The largest absolute Gasteiger partial charge is 0.493 e. The maximum atomic E-state index is 13.9. The lowest BCUT2D eigenvalue weighted by Gasteiger charge is -2.35. The molecular formula is C43H45N5O8. The van der Waals surface area contributed by atoms with E-state index < -0.39 is 12.1 Å². The molecule has 0 aromatic heterocycles. The van der Waals surface area contributed by atoms with E-state index in [0.717, 1.165) is 28.7 Å². The highest BCUT2D eigenvalue weighted by molar-refractivity contribution is 6.12. The van der Waals surface area contributed by atoms with Crippen molar-refractivity contribution in [3.63, 3.8) is 0 Å². The van der Waals surface area contributed by atoms with Crippen molar-refractivity contribution >= 4 is 40.7 Å².